The van der Waals surface area contributed by atoms with Gasteiger partial charge in [-0.25, -0.2) is 4.98 Å². The summed E-state index contributed by atoms with van der Waals surface area (Å²) in [7, 11) is 0. The third-order valence-electron chi connectivity index (χ3n) is 3.45. The molecule has 1 aliphatic carbocycles. The first kappa shape index (κ1) is 10.7. The molecule has 3 nitrogen and oxygen atoms in total. The van der Waals surface area contributed by atoms with E-state index in [4.69, 9.17) is 4.74 Å². The number of hydrogen-bond donors (Lipinski definition) is 1. The molecule has 0 saturated carbocycles. The van der Waals surface area contributed by atoms with Gasteiger partial charge in [-0.15, -0.1) is 11.3 Å². The van der Waals surface area contributed by atoms with Crippen LogP contribution in [0.15, 0.2) is 0 Å². The van der Waals surface area contributed by atoms with Gasteiger partial charge < -0.3 is 9.84 Å². The summed E-state index contributed by atoms with van der Waals surface area (Å²) in [5.74, 6) is 0.643. The number of fused-ring (bicyclic) bond motifs is 1. The van der Waals surface area contributed by atoms with Gasteiger partial charge in [0.15, 0.2) is 0 Å². The first-order valence-corrected chi connectivity index (χ1v) is 6.89. The molecule has 4 heteroatoms. The Balaban J connectivity index is 1.75. The summed E-state index contributed by atoms with van der Waals surface area (Å²) >= 11 is 1.71. The normalized spacial score (nSPS) is 29.3. The second kappa shape index (κ2) is 4.43. The highest BCUT2D eigenvalue weighted by atomic mass is 32.1. The molecule has 2 heterocycles. The van der Waals surface area contributed by atoms with E-state index in [1.165, 1.54) is 5.01 Å². The molecular formula is C12H17NO2S. The Hall–Kier alpha value is -0.450. The molecule has 2 atom stereocenters. The van der Waals surface area contributed by atoms with Crippen molar-refractivity contribution in [1.82, 2.24) is 4.98 Å². The average molecular weight is 239 g/mol. The molecule has 1 aliphatic heterocycles. The molecule has 3 rings (SSSR count). The second-order valence-corrected chi connectivity index (χ2v) is 5.88. The van der Waals surface area contributed by atoms with E-state index in [2.05, 4.69) is 4.98 Å². The Bertz CT molecular complexity index is 371. The topological polar surface area (TPSA) is 42.4 Å². The highest BCUT2D eigenvalue weighted by Crippen LogP contribution is 2.35. The predicted octanol–water partition coefficient (Wildman–Crippen LogP) is 2.09. The van der Waals surface area contributed by atoms with Gasteiger partial charge in [0.05, 0.1) is 21.7 Å². The summed E-state index contributed by atoms with van der Waals surface area (Å²) in [5.41, 5.74) is 1.15. The van der Waals surface area contributed by atoms with Gasteiger partial charge in [-0.1, -0.05) is 0 Å². The number of hydrogen-bond acceptors (Lipinski definition) is 4. The number of aryl methyl sites for hydroxylation is 1. The maximum atomic E-state index is 9.88. The number of aliphatic hydroxyl groups excluding tert-OH is 1. The zero-order valence-electron chi connectivity index (χ0n) is 9.32. The van der Waals surface area contributed by atoms with Crippen molar-refractivity contribution in [3.05, 3.63) is 15.6 Å². The smallest absolute Gasteiger partial charge is 0.0935 e. The van der Waals surface area contributed by atoms with Crippen molar-refractivity contribution in [3.8, 4) is 0 Å². The monoisotopic (exact) mass is 239 g/mol. The lowest BCUT2D eigenvalue weighted by atomic mass is 10.0. The molecule has 1 N–H and O–H groups in total. The Morgan fingerprint density at radius 1 is 1.44 bits per heavy atom. The molecule has 0 spiro atoms. The number of ether oxygens (including phenoxy) is 1. The molecule has 1 aromatic heterocycles. The van der Waals surface area contributed by atoms with Crippen LogP contribution in [-0.4, -0.2) is 23.3 Å². The molecule has 1 fully saturated rings. The third-order valence-corrected chi connectivity index (χ3v) is 4.67. The van der Waals surface area contributed by atoms with Gasteiger partial charge in [0.1, 0.15) is 0 Å². The number of aromatic nitrogens is 1. The minimum Gasteiger partial charge on any atom is -0.388 e. The van der Waals surface area contributed by atoms with Crippen LogP contribution < -0.4 is 0 Å². The summed E-state index contributed by atoms with van der Waals surface area (Å²) < 4.78 is 5.38. The zero-order valence-corrected chi connectivity index (χ0v) is 10.1. The van der Waals surface area contributed by atoms with Crippen LogP contribution in [0.1, 0.15) is 40.9 Å². The molecule has 0 bridgehead atoms. The van der Waals surface area contributed by atoms with Crippen molar-refractivity contribution in [1.29, 1.82) is 0 Å². The van der Waals surface area contributed by atoms with Gasteiger partial charge in [-0.05, 0) is 31.6 Å². The van der Waals surface area contributed by atoms with Crippen molar-refractivity contribution >= 4 is 11.3 Å². The maximum Gasteiger partial charge on any atom is 0.0935 e. The van der Waals surface area contributed by atoms with Crippen molar-refractivity contribution in [2.75, 3.05) is 13.2 Å². The van der Waals surface area contributed by atoms with Crippen LogP contribution >= 0.6 is 11.3 Å². The van der Waals surface area contributed by atoms with Crippen molar-refractivity contribution < 1.29 is 9.84 Å². The Kier molecular flexibility index (Phi) is 2.96. The van der Waals surface area contributed by atoms with Gasteiger partial charge >= 0.3 is 0 Å². The van der Waals surface area contributed by atoms with E-state index >= 15 is 0 Å². The zero-order chi connectivity index (χ0) is 11.0. The lowest BCUT2D eigenvalue weighted by Crippen LogP contribution is -2.06. The van der Waals surface area contributed by atoms with Crippen LogP contribution in [0, 0.1) is 5.92 Å². The van der Waals surface area contributed by atoms with Crippen LogP contribution in [0.4, 0.5) is 0 Å². The standard InChI is InChI=1S/C12H17NO2S/c14-10-3-1-2-9-12(10)16-11(13-9)6-8-4-5-15-7-8/h8,10,14H,1-7H2. The Morgan fingerprint density at radius 3 is 3.12 bits per heavy atom. The van der Waals surface area contributed by atoms with E-state index in [-0.39, 0.29) is 6.10 Å². The summed E-state index contributed by atoms with van der Waals surface area (Å²) in [6, 6.07) is 0. The molecule has 1 saturated heterocycles. The number of thiazole rings is 1. The van der Waals surface area contributed by atoms with Crippen molar-refractivity contribution in [2.45, 2.75) is 38.2 Å². The van der Waals surface area contributed by atoms with E-state index in [9.17, 15) is 5.11 Å². The molecule has 2 aliphatic rings. The first-order valence-electron chi connectivity index (χ1n) is 6.07. The summed E-state index contributed by atoms with van der Waals surface area (Å²) in [6.07, 6.45) is 4.96. The van der Waals surface area contributed by atoms with Crippen molar-refractivity contribution in [3.63, 3.8) is 0 Å². The first-order chi connectivity index (χ1) is 7.83. The Morgan fingerprint density at radius 2 is 2.38 bits per heavy atom. The van der Waals surface area contributed by atoms with E-state index in [1.54, 1.807) is 11.3 Å². The van der Waals surface area contributed by atoms with Gasteiger partial charge in [0.2, 0.25) is 0 Å². The highest BCUT2D eigenvalue weighted by molar-refractivity contribution is 7.11. The lowest BCUT2D eigenvalue weighted by molar-refractivity contribution is 0.160. The molecule has 0 amide bonds. The van der Waals surface area contributed by atoms with E-state index < -0.39 is 0 Å². The second-order valence-electron chi connectivity index (χ2n) is 4.76. The van der Waals surface area contributed by atoms with Crippen LogP contribution in [0.3, 0.4) is 0 Å². The minimum absolute atomic E-state index is 0.255. The number of rotatable bonds is 2. The molecule has 0 aromatic carbocycles. The van der Waals surface area contributed by atoms with Gasteiger partial charge in [-0.2, -0.15) is 0 Å². The van der Waals surface area contributed by atoms with Crippen molar-refractivity contribution in [2.24, 2.45) is 5.92 Å². The third kappa shape index (κ3) is 2.01. The van der Waals surface area contributed by atoms with Crippen LogP contribution in [-0.2, 0) is 17.6 Å². The summed E-state index contributed by atoms with van der Waals surface area (Å²) in [6.45, 7) is 1.78. The maximum absolute atomic E-state index is 9.88. The quantitative estimate of drug-likeness (QED) is 0.859. The van der Waals surface area contributed by atoms with E-state index in [0.717, 1.165) is 55.9 Å². The average Bonchev–Trinajstić information content (AvgIpc) is 2.88. The number of nitrogens with zero attached hydrogens (tertiary/aromatic N) is 1. The minimum atomic E-state index is -0.255. The molecule has 1 aromatic rings. The molecule has 0 radical (unpaired) electrons. The fourth-order valence-electron chi connectivity index (χ4n) is 2.53. The van der Waals surface area contributed by atoms with Crippen LogP contribution in [0.2, 0.25) is 0 Å². The van der Waals surface area contributed by atoms with E-state index in [1.807, 2.05) is 0 Å². The van der Waals surface area contributed by atoms with Gasteiger partial charge in [-0.3, -0.25) is 0 Å². The largest absolute Gasteiger partial charge is 0.388 e. The van der Waals surface area contributed by atoms with E-state index in [0.29, 0.717) is 5.92 Å². The lowest BCUT2D eigenvalue weighted by Gasteiger charge is -2.14. The van der Waals surface area contributed by atoms with Crippen LogP contribution in [0.25, 0.3) is 0 Å². The number of aliphatic hydroxyl groups is 1. The Labute approximate surface area is 99.5 Å². The summed E-state index contributed by atoms with van der Waals surface area (Å²) in [4.78, 5) is 5.79. The summed E-state index contributed by atoms with van der Waals surface area (Å²) in [5, 5.41) is 11.1. The van der Waals surface area contributed by atoms with Gasteiger partial charge in [0.25, 0.3) is 0 Å². The highest BCUT2D eigenvalue weighted by Gasteiger charge is 2.24. The van der Waals surface area contributed by atoms with Crippen LogP contribution in [0.5, 0.6) is 0 Å². The molecule has 88 valence electrons. The molecule has 2 unspecified atom stereocenters. The molecule has 16 heavy (non-hydrogen) atoms. The fourth-order valence-corrected chi connectivity index (χ4v) is 3.77. The SMILES string of the molecule is OC1CCCc2nc(CC3CCOC3)sc21. The molecular weight excluding hydrogens is 222 g/mol. The predicted molar refractivity (Wildman–Crippen MR) is 62.6 cm³/mol. The fraction of sp³-hybridized carbons (Fsp3) is 0.750. The van der Waals surface area contributed by atoms with Gasteiger partial charge in [0, 0.05) is 19.6 Å².